The lowest BCUT2D eigenvalue weighted by Gasteiger charge is -2.14. The van der Waals surface area contributed by atoms with E-state index in [1.807, 2.05) is 27.9 Å². The van der Waals surface area contributed by atoms with Gasteiger partial charge in [-0.1, -0.05) is 34.6 Å². The summed E-state index contributed by atoms with van der Waals surface area (Å²) in [6, 6.07) is 0. The Balaban J connectivity index is -0.000000205. The number of methoxy groups -OCH3 is 1. The standard InChI is InChI=1S/C8H18O.C2H7N.C2H6/c1-5-8(9-4)6-7(2)3;1-3-2;1-2/h7-8H,5-6H2,1-4H3;3H,1-2H3;1-2H3. The Morgan fingerprint density at radius 1 is 1.14 bits per heavy atom. The Labute approximate surface area is 91.4 Å². The average molecular weight is 205 g/mol. The number of rotatable bonds is 4. The van der Waals surface area contributed by atoms with Crippen LogP contribution in [0.5, 0.6) is 0 Å². The van der Waals surface area contributed by atoms with Gasteiger partial charge in [-0.2, -0.15) is 0 Å². The molecule has 1 unspecified atom stereocenters. The SMILES string of the molecule is CC.CCC(CC(C)C)OC.CNC. The first kappa shape index (κ1) is 19.5. The summed E-state index contributed by atoms with van der Waals surface area (Å²) in [7, 11) is 5.54. The van der Waals surface area contributed by atoms with E-state index in [2.05, 4.69) is 26.1 Å². The van der Waals surface area contributed by atoms with Crippen LogP contribution in [-0.4, -0.2) is 27.3 Å². The van der Waals surface area contributed by atoms with Crippen LogP contribution in [0.2, 0.25) is 0 Å². The summed E-state index contributed by atoms with van der Waals surface area (Å²) < 4.78 is 5.21. The Morgan fingerprint density at radius 2 is 1.50 bits per heavy atom. The van der Waals surface area contributed by atoms with Crippen molar-refractivity contribution >= 4 is 0 Å². The van der Waals surface area contributed by atoms with Gasteiger partial charge in [0.2, 0.25) is 0 Å². The van der Waals surface area contributed by atoms with Crippen molar-refractivity contribution < 1.29 is 4.74 Å². The summed E-state index contributed by atoms with van der Waals surface area (Å²) in [6.45, 7) is 10.6. The smallest absolute Gasteiger partial charge is 0.0571 e. The normalized spacial score (nSPS) is 10.9. The van der Waals surface area contributed by atoms with Gasteiger partial charge in [0.25, 0.3) is 0 Å². The largest absolute Gasteiger partial charge is 0.381 e. The third-order valence-corrected chi connectivity index (χ3v) is 1.52. The monoisotopic (exact) mass is 205 g/mol. The zero-order chi connectivity index (χ0) is 12.0. The third-order valence-electron chi connectivity index (χ3n) is 1.52. The van der Waals surface area contributed by atoms with E-state index in [1.165, 1.54) is 6.42 Å². The Kier molecular flexibility index (Phi) is 26.0. The second kappa shape index (κ2) is 18.7. The van der Waals surface area contributed by atoms with Crippen molar-refractivity contribution in [1.29, 1.82) is 0 Å². The van der Waals surface area contributed by atoms with Gasteiger partial charge in [0, 0.05) is 7.11 Å². The number of ether oxygens (including phenoxy) is 1. The zero-order valence-corrected chi connectivity index (χ0v) is 11.5. The van der Waals surface area contributed by atoms with E-state index in [0.29, 0.717) is 6.10 Å². The fourth-order valence-electron chi connectivity index (χ4n) is 0.955. The molecule has 2 heteroatoms. The maximum Gasteiger partial charge on any atom is 0.0571 e. The molecule has 0 aromatic carbocycles. The minimum atomic E-state index is 0.477. The molecule has 0 heterocycles. The number of nitrogens with one attached hydrogen (secondary N) is 1. The molecule has 0 aromatic rings. The van der Waals surface area contributed by atoms with Crippen molar-refractivity contribution in [2.75, 3.05) is 21.2 Å². The minimum absolute atomic E-state index is 0.477. The first-order chi connectivity index (χ1) is 6.62. The van der Waals surface area contributed by atoms with Gasteiger partial charge < -0.3 is 10.1 Å². The van der Waals surface area contributed by atoms with Gasteiger partial charge in [0.15, 0.2) is 0 Å². The lowest BCUT2D eigenvalue weighted by molar-refractivity contribution is 0.0815. The van der Waals surface area contributed by atoms with Gasteiger partial charge in [-0.15, -0.1) is 0 Å². The topological polar surface area (TPSA) is 21.3 Å². The minimum Gasteiger partial charge on any atom is -0.381 e. The first-order valence-corrected chi connectivity index (χ1v) is 5.73. The first-order valence-electron chi connectivity index (χ1n) is 5.73. The predicted molar refractivity (Wildman–Crippen MR) is 66.9 cm³/mol. The van der Waals surface area contributed by atoms with Crippen molar-refractivity contribution in [3.8, 4) is 0 Å². The van der Waals surface area contributed by atoms with Crippen molar-refractivity contribution in [3.05, 3.63) is 0 Å². The van der Waals surface area contributed by atoms with Crippen LogP contribution in [0.3, 0.4) is 0 Å². The quantitative estimate of drug-likeness (QED) is 0.760. The molecule has 0 spiro atoms. The van der Waals surface area contributed by atoms with Crippen molar-refractivity contribution in [3.63, 3.8) is 0 Å². The van der Waals surface area contributed by atoms with Gasteiger partial charge in [-0.25, -0.2) is 0 Å². The molecule has 0 rings (SSSR count). The van der Waals surface area contributed by atoms with Crippen LogP contribution in [0.15, 0.2) is 0 Å². The highest BCUT2D eigenvalue weighted by Gasteiger charge is 2.05. The average Bonchev–Trinajstić information content (AvgIpc) is 2.18. The zero-order valence-electron chi connectivity index (χ0n) is 11.5. The molecule has 0 aliphatic rings. The molecule has 0 saturated heterocycles. The summed E-state index contributed by atoms with van der Waals surface area (Å²) in [4.78, 5) is 0. The predicted octanol–water partition coefficient (Wildman–Crippen LogP) is 3.32. The van der Waals surface area contributed by atoms with Gasteiger partial charge in [-0.05, 0) is 32.9 Å². The Morgan fingerprint density at radius 3 is 1.57 bits per heavy atom. The van der Waals surface area contributed by atoms with Crippen molar-refractivity contribution in [1.82, 2.24) is 5.32 Å². The van der Waals surface area contributed by atoms with Gasteiger partial charge in [0.1, 0.15) is 0 Å². The summed E-state index contributed by atoms with van der Waals surface area (Å²) >= 11 is 0. The van der Waals surface area contributed by atoms with E-state index in [4.69, 9.17) is 4.74 Å². The molecule has 1 atom stereocenters. The molecule has 0 fully saturated rings. The molecular weight excluding hydrogens is 174 g/mol. The second-order valence-electron chi connectivity index (χ2n) is 3.40. The van der Waals surface area contributed by atoms with Crippen LogP contribution in [-0.2, 0) is 4.74 Å². The van der Waals surface area contributed by atoms with E-state index in [9.17, 15) is 0 Å². The summed E-state index contributed by atoms with van der Waals surface area (Å²) in [5, 5.41) is 2.75. The van der Waals surface area contributed by atoms with Crippen LogP contribution < -0.4 is 5.32 Å². The van der Waals surface area contributed by atoms with Gasteiger partial charge in [-0.3, -0.25) is 0 Å². The van der Waals surface area contributed by atoms with E-state index in [-0.39, 0.29) is 0 Å². The molecule has 0 saturated carbocycles. The molecule has 0 aromatic heterocycles. The number of hydrogen-bond acceptors (Lipinski definition) is 2. The second-order valence-corrected chi connectivity index (χ2v) is 3.40. The lowest BCUT2D eigenvalue weighted by Crippen LogP contribution is -2.11. The van der Waals surface area contributed by atoms with Crippen molar-refractivity contribution in [2.24, 2.45) is 5.92 Å². The molecule has 0 aliphatic heterocycles. The maximum absolute atomic E-state index is 5.21. The molecule has 0 radical (unpaired) electrons. The van der Waals surface area contributed by atoms with E-state index < -0.39 is 0 Å². The van der Waals surface area contributed by atoms with Crippen LogP contribution in [0.4, 0.5) is 0 Å². The molecule has 14 heavy (non-hydrogen) atoms. The summed E-state index contributed by atoms with van der Waals surface area (Å²) in [5.41, 5.74) is 0. The lowest BCUT2D eigenvalue weighted by atomic mass is 10.0. The molecular formula is C12H31NO. The Bertz CT molecular complexity index is 70.7. The molecule has 0 aliphatic carbocycles. The van der Waals surface area contributed by atoms with Crippen LogP contribution >= 0.6 is 0 Å². The van der Waals surface area contributed by atoms with Gasteiger partial charge >= 0.3 is 0 Å². The molecule has 90 valence electrons. The van der Waals surface area contributed by atoms with Gasteiger partial charge in [0.05, 0.1) is 6.10 Å². The summed E-state index contributed by atoms with van der Waals surface area (Å²) in [6.07, 6.45) is 2.80. The third kappa shape index (κ3) is 22.7. The fourth-order valence-corrected chi connectivity index (χ4v) is 0.955. The van der Waals surface area contributed by atoms with Crippen molar-refractivity contribution in [2.45, 2.75) is 53.6 Å². The molecule has 0 amide bonds. The summed E-state index contributed by atoms with van der Waals surface area (Å²) in [5.74, 6) is 0.759. The fraction of sp³-hybridized carbons (Fsp3) is 1.00. The van der Waals surface area contributed by atoms with E-state index in [1.54, 1.807) is 7.11 Å². The van der Waals surface area contributed by atoms with Crippen LogP contribution in [0, 0.1) is 5.92 Å². The van der Waals surface area contributed by atoms with Crippen LogP contribution in [0.1, 0.15) is 47.5 Å². The number of hydrogen-bond donors (Lipinski definition) is 1. The highest BCUT2D eigenvalue weighted by molar-refractivity contribution is 4.56. The Hall–Kier alpha value is -0.0800. The van der Waals surface area contributed by atoms with Crippen LogP contribution in [0.25, 0.3) is 0 Å². The molecule has 2 nitrogen and oxygen atoms in total. The maximum atomic E-state index is 5.21. The molecule has 1 N–H and O–H groups in total. The molecule has 0 bridgehead atoms. The van der Waals surface area contributed by atoms with E-state index >= 15 is 0 Å². The highest BCUT2D eigenvalue weighted by Crippen LogP contribution is 2.09. The highest BCUT2D eigenvalue weighted by atomic mass is 16.5. The van der Waals surface area contributed by atoms with E-state index in [0.717, 1.165) is 12.3 Å².